The zero-order chi connectivity index (χ0) is 37.5. The highest BCUT2D eigenvalue weighted by Crippen LogP contribution is 2.48. The van der Waals surface area contributed by atoms with Crippen molar-refractivity contribution >= 4 is 85.0 Å². The SMILES string of the molecule is c1ccc(-c2nc(-c3ccccc3)nc(-c3ccc4c(c3)sc3c(-c5cc(-c6cccc7c6oc6ccccc67)cc6c5sc5ccccc56)cccc34)n2)cc1. The number of thiophene rings is 2. The zero-order valence-corrected chi connectivity index (χ0v) is 31.9. The molecule has 0 amide bonds. The first kappa shape index (κ1) is 32.3. The minimum Gasteiger partial charge on any atom is -0.455 e. The summed E-state index contributed by atoms with van der Waals surface area (Å²) < 4.78 is 11.6. The number of fused-ring (bicyclic) bond motifs is 9. The first-order chi connectivity index (χ1) is 28.2. The molecule has 0 radical (unpaired) electrons. The van der Waals surface area contributed by atoms with E-state index >= 15 is 0 Å². The summed E-state index contributed by atoms with van der Waals surface area (Å²) in [4.78, 5) is 15.0. The largest absolute Gasteiger partial charge is 0.455 e. The number of furan rings is 1. The smallest absolute Gasteiger partial charge is 0.164 e. The second-order valence-corrected chi connectivity index (χ2v) is 16.4. The van der Waals surface area contributed by atoms with Gasteiger partial charge in [-0.25, -0.2) is 15.0 Å². The molecule has 0 aliphatic rings. The number of para-hydroxylation sites is 2. The van der Waals surface area contributed by atoms with Crippen LogP contribution in [0.15, 0.2) is 180 Å². The summed E-state index contributed by atoms with van der Waals surface area (Å²) >= 11 is 3.70. The van der Waals surface area contributed by atoms with Gasteiger partial charge in [0.25, 0.3) is 0 Å². The van der Waals surface area contributed by atoms with Crippen molar-refractivity contribution in [3.63, 3.8) is 0 Å². The van der Waals surface area contributed by atoms with E-state index in [0.717, 1.165) is 49.8 Å². The maximum Gasteiger partial charge on any atom is 0.164 e. The molecular formula is C51H29N3OS2. The molecule has 6 heteroatoms. The van der Waals surface area contributed by atoms with E-state index in [1.807, 2.05) is 89.4 Å². The van der Waals surface area contributed by atoms with Crippen LogP contribution in [0.4, 0.5) is 0 Å². The number of rotatable bonds is 5. The van der Waals surface area contributed by atoms with Gasteiger partial charge in [0.05, 0.1) is 0 Å². The lowest BCUT2D eigenvalue weighted by Gasteiger charge is -2.10. The molecule has 0 saturated heterocycles. The molecule has 0 aliphatic heterocycles. The molecule has 57 heavy (non-hydrogen) atoms. The molecule has 0 atom stereocenters. The van der Waals surface area contributed by atoms with Gasteiger partial charge in [0.2, 0.25) is 0 Å². The van der Waals surface area contributed by atoms with Crippen LogP contribution in [0, 0.1) is 0 Å². The highest BCUT2D eigenvalue weighted by molar-refractivity contribution is 7.27. The van der Waals surface area contributed by atoms with Crippen molar-refractivity contribution in [2.24, 2.45) is 0 Å². The summed E-state index contributed by atoms with van der Waals surface area (Å²) in [5.41, 5.74) is 9.38. The molecule has 0 unspecified atom stereocenters. The maximum atomic E-state index is 6.58. The summed E-state index contributed by atoms with van der Waals surface area (Å²) in [6.45, 7) is 0. The van der Waals surface area contributed by atoms with Crippen molar-refractivity contribution in [3.8, 4) is 56.4 Å². The van der Waals surface area contributed by atoms with Gasteiger partial charge in [-0.15, -0.1) is 22.7 Å². The van der Waals surface area contributed by atoms with Crippen LogP contribution in [0.3, 0.4) is 0 Å². The van der Waals surface area contributed by atoms with E-state index in [1.165, 1.54) is 51.5 Å². The standard InChI is InChI=1S/C51H29N3OS2/c1-3-13-30(14-4-1)49-52-50(31-15-5-2-6-16-31)54-51(53-49)32-25-26-37-39-21-12-22-40(47(39)57-45(37)29-32)42-28-33(27-41-36-18-8-10-24-44(36)56-48(41)42)34-19-11-20-38-35-17-7-9-23-43(35)55-46(34)38/h1-29H. The van der Waals surface area contributed by atoms with Gasteiger partial charge in [0.1, 0.15) is 11.2 Å². The van der Waals surface area contributed by atoms with Gasteiger partial charge < -0.3 is 4.42 Å². The number of benzene rings is 8. The number of hydrogen-bond acceptors (Lipinski definition) is 6. The summed E-state index contributed by atoms with van der Waals surface area (Å²) in [6.07, 6.45) is 0. The van der Waals surface area contributed by atoms with Crippen molar-refractivity contribution in [1.29, 1.82) is 0 Å². The van der Waals surface area contributed by atoms with Crippen LogP contribution < -0.4 is 0 Å². The first-order valence-electron chi connectivity index (χ1n) is 18.9. The molecule has 266 valence electrons. The van der Waals surface area contributed by atoms with E-state index < -0.39 is 0 Å². The van der Waals surface area contributed by atoms with Crippen molar-refractivity contribution in [3.05, 3.63) is 176 Å². The van der Waals surface area contributed by atoms with E-state index in [0.29, 0.717) is 17.5 Å². The van der Waals surface area contributed by atoms with Gasteiger partial charge in [0, 0.05) is 84.5 Å². The van der Waals surface area contributed by atoms with Gasteiger partial charge in [-0.05, 0) is 35.9 Å². The summed E-state index contributed by atoms with van der Waals surface area (Å²) in [7, 11) is 0. The highest BCUT2D eigenvalue weighted by Gasteiger charge is 2.20. The fourth-order valence-corrected chi connectivity index (χ4v) is 10.7. The molecule has 0 spiro atoms. The van der Waals surface area contributed by atoms with Gasteiger partial charge in [0.15, 0.2) is 17.5 Å². The summed E-state index contributed by atoms with van der Waals surface area (Å²) in [6, 6.07) is 62.0. The van der Waals surface area contributed by atoms with Gasteiger partial charge in [-0.3, -0.25) is 0 Å². The topological polar surface area (TPSA) is 51.8 Å². The Kier molecular flexibility index (Phi) is 7.24. The second-order valence-electron chi connectivity index (χ2n) is 14.3. The Morgan fingerprint density at radius 2 is 0.912 bits per heavy atom. The van der Waals surface area contributed by atoms with E-state index in [9.17, 15) is 0 Å². The molecule has 0 N–H and O–H groups in total. The van der Waals surface area contributed by atoms with Gasteiger partial charge in [-0.2, -0.15) is 0 Å². The molecule has 0 saturated carbocycles. The molecule has 0 fully saturated rings. The van der Waals surface area contributed by atoms with Crippen LogP contribution in [0.25, 0.3) is 119 Å². The predicted octanol–water partition coefficient (Wildman–Crippen LogP) is 14.8. The van der Waals surface area contributed by atoms with Crippen molar-refractivity contribution in [2.45, 2.75) is 0 Å². The molecule has 0 bridgehead atoms. The van der Waals surface area contributed by atoms with Crippen LogP contribution in [0.1, 0.15) is 0 Å². The molecule has 12 aromatic rings. The van der Waals surface area contributed by atoms with Crippen LogP contribution in [-0.4, -0.2) is 15.0 Å². The third kappa shape index (κ3) is 5.22. The molecule has 12 rings (SSSR count). The minimum absolute atomic E-state index is 0.654. The van der Waals surface area contributed by atoms with E-state index in [-0.39, 0.29) is 0 Å². The molecule has 4 aromatic heterocycles. The average Bonchev–Trinajstić information content (AvgIpc) is 3.98. The Labute approximate surface area is 335 Å². The number of aromatic nitrogens is 3. The Morgan fingerprint density at radius 1 is 0.333 bits per heavy atom. The molecule has 4 nitrogen and oxygen atoms in total. The molecule has 8 aromatic carbocycles. The van der Waals surface area contributed by atoms with Crippen molar-refractivity contribution in [2.75, 3.05) is 0 Å². The third-order valence-corrected chi connectivity index (χ3v) is 13.4. The predicted molar refractivity (Wildman–Crippen MR) is 240 cm³/mol. The van der Waals surface area contributed by atoms with E-state index in [4.69, 9.17) is 19.4 Å². The fourth-order valence-electron chi connectivity index (χ4n) is 8.24. The van der Waals surface area contributed by atoms with Crippen molar-refractivity contribution in [1.82, 2.24) is 15.0 Å². The summed E-state index contributed by atoms with van der Waals surface area (Å²) in [5, 5.41) is 7.26. The van der Waals surface area contributed by atoms with Crippen LogP contribution >= 0.6 is 22.7 Å². The molecular weight excluding hydrogens is 735 g/mol. The lowest BCUT2D eigenvalue weighted by atomic mass is 9.94. The Hall–Kier alpha value is -6.99. The Morgan fingerprint density at radius 3 is 1.68 bits per heavy atom. The maximum absolute atomic E-state index is 6.58. The van der Waals surface area contributed by atoms with Crippen LogP contribution in [0.2, 0.25) is 0 Å². The molecule has 0 aliphatic carbocycles. The number of nitrogens with zero attached hydrogens (tertiary/aromatic N) is 3. The number of hydrogen-bond donors (Lipinski definition) is 0. The molecule has 4 heterocycles. The minimum atomic E-state index is 0.654. The fraction of sp³-hybridized carbons (Fsp3) is 0. The average molecular weight is 764 g/mol. The lowest BCUT2D eigenvalue weighted by Crippen LogP contribution is -1.99. The monoisotopic (exact) mass is 763 g/mol. The highest BCUT2D eigenvalue weighted by atomic mass is 32.1. The van der Waals surface area contributed by atoms with Gasteiger partial charge in [-0.1, -0.05) is 146 Å². The lowest BCUT2D eigenvalue weighted by molar-refractivity contribution is 0.670. The van der Waals surface area contributed by atoms with Crippen LogP contribution in [0.5, 0.6) is 0 Å². The summed E-state index contributed by atoms with van der Waals surface area (Å²) in [5.74, 6) is 1.97. The second kappa shape index (κ2) is 12.8. The van der Waals surface area contributed by atoms with Crippen molar-refractivity contribution < 1.29 is 4.42 Å². The Balaban J connectivity index is 1.06. The van der Waals surface area contributed by atoms with Gasteiger partial charge >= 0.3 is 0 Å². The van der Waals surface area contributed by atoms with E-state index in [1.54, 1.807) is 0 Å². The quantitative estimate of drug-likeness (QED) is 0.175. The third-order valence-electron chi connectivity index (χ3n) is 10.9. The van der Waals surface area contributed by atoms with Crippen LogP contribution in [-0.2, 0) is 0 Å². The first-order valence-corrected chi connectivity index (χ1v) is 20.6. The normalized spacial score (nSPS) is 11.9. The zero-order valence-electron chi connectivity index (χ0n) is 30.3. The van der Waals surface area contributed by atoms with E-state index in [2.05, 4.69) is 109 Å². The Bertz CT molecular complexity index is 3470.